The van der Waals surface area contributed by atoms with Gasteiger partial charge in [-0.05, 0) is 79.4 Å². The lowest BCUT2D eigenvalue weighted by Gasteiger charge is -2.37. The Bertz CT molecular complexity index is 663. The SMILES string of the molecule is Cc1c(C)c(C)c([C@H](c2cccs2)N2CCNCC2)c(C)c1C.Cl.Cl. The van der Waals surface area contributed by atoms with Gasteiger partial charge in [0.15, 0.2) is 0 Å². The number of hydrogen-bond donors (Lipinski definition) is 1. The van der Waals surface area contributed by atoms with Gasteiger partial charge in [-0.15, -0.1) is 36.2 Å². The third kappa shape index (κ3) is 4.23. The Morgan fingerprint density at radius 2 is 1.40 bits per heavy atom. The van der Waals surface area contributed by atoms with Gasteiger partial charge in [0.25, 0.3) is 0 Å². The number of halogens is 2. The molecule has 0 spiro atoms. The Labute approximate surface area is 168 Å². The van der Waals surface area contributed by atoms with Crippen molar-refractivity contribution in [2.24, 2.45) is 0 Å². The molecule has 25 heavy (non-hydrogen) atoms. The van der Waals surface area contributed by atoms with Crippen molar-refractivity contribution < 1.29 is 0 Å². The predicted molar refractivity (Wildman–Crippen MR) is 115 cm³/mol. The van der Waals surface area contributed by atoms with E-state index >= 15 is 0 Å². The van der Waals surface area contributed by atoms with Gasteiger partial charge in [0, 0.05) is 31.1 Å². The van der Waals surface area contributed by atoms with Crippen LogP contribution in [-0.4, -0.2) is 31.1 Å². The molecule has 0 saturated carbocycles. The first-order valence-corrected chi connectivity index (χ1v) is 9.45. The summed E-state index contributed by atoms with van der Waals surface area (Å²) >= 11 is 1.89. The Balaban J connectivity index is 0.00000156. The summed E-state index contributed by atoms with van der Waals surface area (Å²) < 4.78 is 0. The smallest absolute Gasteiger partial charge is 0.0702 e. The zero-order valence-electron chi connectivity index (χ0n) is 15.8. The van der Waals surface area contributed by atoms with Crippen LogP contribution in [0.1, 0.15) is 44.3 Å². The molecular formula is C20H30Cl2N2S. The van der Waals surface area contributed by atoms with Crippen LogP contribution in [0.3, 0.4) is 0 Å². The maximum absolute atomic E-state index is 3.49. The van der Waals surface area contributed by atoms with Crippen molar-refractivity contribution in [1.29, 1.82) is 0 Å². The lowest BCUT2D eigenvalue weighted by Crippen LogP contribution is -2.45. The van der Waals surface area contributed by atoms with E-state index in [2.05, 4.69) is 62.3 Å². The minimum atomic E-state index is 0. The second-order valence-corrected chi connectivity index (χ2v) is 7.72. The van der Waals surface area contributed by atoms with Crippen LogP contribution >= 0.6 is 36.2 Å². The van der Waals surface area contributed by atoms with Crippen molar-refractivity contribution in [3.63, 3.8) is 0 Å². The third-order valence-electron chi connectivity index (χ3n) is 5.66. The fourth-order valence-corrected chi connectivity index (χ4v) is 4.70. The van der Waals surface area contributed by atoms with Gasteiger partial charge in [-0.1, -0.05) is 6.07 Å². The van der Waals surface area contributed by atoms with Crippen molar-refractivity contribution in [1.82, 2.24) is 10.2 Å². The monoisotopic (exact) mass is 400 g/mol. The molecule has 0 unspecified atom stereocenters. The highest BCUT2D eigenvalue weighted by atomic mass is 35.5. The van der Waals surface area contributed by atoms with E-state index in [1.807, 2.05) is 11.3 Å². The molecule has 2 aromatic rings. The fourth-order valence-electron chi connectivity index (χ4n) is 3.83. The summed E-state index contributed by atoms with van der Waals surface area (Å²) in [6.07, 6.45) is 0. The molecule has 1 aliphatic rings. The number of piperazine rings is 1. The second kappa shape index (κ2) is 9.38. The summed E-state index contributed by atoms with van der Waals surface area (Å²) in [5.74, 6) is 0. The number of benzene rings is 1. The van der Waals surface area contributed by atoms with Gasteiger partial charge >= 0.3 is 0 Å². The van der Waals surface area contributed by atoms with E-state index in [1.54, 1.807) is 0 Å². The fraction of sp³-hybridized carbons (Fsp3) is 0.500. The Hall–Kier alpha value is -0.580. The van der Waals surface area contributed by atoms with Gasteiger partial charge in [-0.2, -0.15) is 0 Å². The van der Waals surface area contributed by atoms with Gasteiger partial charge < -0.3 is 5.32 Å². The molecule has 1 aromatic heterocycles. The van der Waals surface area contributed by atoms with E-state index in [1.165, 1.54) is 38.3 Å². The van der Waals surface area contributed by atoms with Crippen LogP contribution in [0.2, 0.25) is 0 Å². The molecule has 2 heterocycles. The molecule has 1 atom stereocenters. The van der Waals surface area contributed by atoms with Crippen LogP contribution < -0.4 is 5.32 Å². The van der Waals surface area contributed by atoms with E-state index in [9.17, 15) is 0 Å². The summed E-state index contributed by atoms with van der Waals surface area (Å²) in [6.45, 7) is 15.9. The largest absolute Gasteiger partial charge is 0.314 e. The van der Waals surface area contributed by atoms with Gasteiger partial charge in [0.2, 0.25) is 0 Å². The maximum Gasteiger partial charge on any atom is 0.0702 e. The quantitative estimate of drug-likeness (QED) is 0.767. The Kier molecular flexibility index (Phi) is 8.43. The number of nitrogens with one attached hydrogen (secondary N) is 1. The van der Waals surface area contributed by atoms with Crippen molar-refractivity contribution in [2.45, 2.75) is 40.7 Å². The van der Waals surface area contributed by atoms with Crippen LogP contribution in [0.5, 0.6) is 0 Å². The number of hydrogen-bond acceptors (Lipinski definition) is 3. The van der Waals surface area contributed by atoms with Crippen LogP contribution in [0.25, 0.3) is 0 Å². The summed E-state index contributed by atoms with van der Waals surface area (Å²) in [5, 5.41) is 5.70. The molecule has 0 amide bonds. The first kappa shape index (κ1) is 22.5. The molecule has 3 rings (SSSR count). The number of rotatable bonds is 3. The summed E-state index contributed by atoms with van der Waals surface area (Å²) in [6, 6.07) is 4.89. The highest BCUT2D eigenvalue weighted by Gasteiger charge is 2.28. The van der Waals surface area contributed by atoms with Gasteiger partial charge in [-0.3, -0.25) is 4.90 Å². The van der Waals surface area contributed by atoms with Gasteiger partial charge in [-0.25, -0.2) is 0 Å². The lowest BCUT2D eigenvalue weighted by atomic mass is 9.85. The average molecular weight is 401 g/mol. The molecule has 0 bridgehead atoms. The molecular weight excluding hydrogens is 371 g/mol. The van der Waals surface area contributed by atoms with Crippen molar-refractivity contribution in [3.8, 4) is 0 Å². The molecule has 1 aromatic carbocycles. The van der Waals surface area contributed by atoms with Gasteiger partial charge in [0.1, 0.15) is 0 Å². The molecule has 1 saturated heterocycles. The molecule has 1 fully saturated rings. The minimum absolute atomic E-state index is 0. The maximum atomic E-state index is 3.49. The zero-order chi connectivity index (χ0) is 16.6. The van der Waals surface area contributed by atoms with E-state index in [0.717, 1.165) is 26.2 Å². The van der Waals surface area contributed by atoms with Crippen LogP contribution in [0.15, 0.2) is 17.5 Å². The zero-order valence-corrected chi connectivity index (χ0v) is 18.3. The van der Waals surface area contributed by atoms with E-state index in [4.69, 9.17) is 0 Å². The average Bonchev–Trinajstić information content (AvgIpc) is 3.10. The number of thiophene rings is 1. The Morgan fingerprint density at radius 1 is 0.880 bits per heavy atom. The van der Waals surface area contributed by atoms with Crippen LogP contribution in [0, 0.1) is 34.6 Å². The topological polar surface area (TPSA) is 15.3 Å². The summed E-state index contributed by atoms with van der Waals surface area (Å²) in [7, 11) is 0. The second-order valence-electron chi connectivity index (χ2n) is 6.74. The lowest BCUT2D eigenvalue weighted by molar-refractivity contribution is 0.199. The van der Waals surface area contributed by atoms with Gasteiger partial charge in [0.05, 0.1) is 6.04 Å². The van der Waals surface area contributed by atoms with E-state index in [-0.39, 0.29) is 24.8 Å². The molecule has 1 N–H and O–H groups in total. The predicted octanol–water partition coefficient (Wildman–Crippen LogP) is 5.13. The molecule has 2 nitrogen and oxygen atoms in total. The molecule has 140 valence electrons. The van der Waals surface area contributed by atoms with Crippen molar-refractivity contribution in [3.05, 3.63) is 55.8 Å². The summed E-state index contributed by atoms with van der Waals surface area (Å²) in [5.41, 5.74) is 8.86. The highest BCUT2D eigenvalue weighted by Crippen LogP contribution is 2.38. The van der Waals surface area contributed by atoms with E-state index in [0.29, 0.717) is 6.04 Å². The van der Waals surface area contributed by atoms with E-state index < -0.39 is 0 Å². The van der Waals surface area contributed by atoms with Crippen molar-refractivity contribution in [2.75, 3.05) is 26.2 Å². The molecule has 5 heteroatoms. The third-order valence-corrected chi connectivity index (χ3v) is 6.59. The van der Waals surface area contributed by atoms with Crippen LogP contribution in [-0.2, 0) is 0 Å². The molecule has 1 aliphatic heterocycles. The minimum Gasteiger partial charge on any atom is -0.314 e. The first-order chi connectivity index (χ1) is 11.0. The highest BCUT2D eigenvalue weighted by molar-refractivity contribution is 7.10. The summed E-state index contributed by atoms with van der Waals surface area (Å²) in [4.78, 5) is 4.13. The molecule has 0 radical (unpaired) electrons. The standard InChI is InChI=1S/C20H28N2S.2ClH/c1-13-14(2)16(4)19(17(5)15(13)3)20(18-7-6-12-23-18)22-10-8-21-9-11-22;;/h6-7,12,20-21H,8-11H2,1-5H3;2*1H/t20-;;/m0../s1. The normalized spacial score (nSPS) is 16.0. The molecule has 0 aliphatic carbocycles. The number of nitrogens with zero attached hydrogens (tertiary/aromatic N) is 1. The van der Waals surface area contributed by atoms with Crippen molar-refractivity contribution >= 4 is 36.2 Å². The first-order valence-electron chi connectivity index (χ1n) is 8.57. The Morgan fingerprint density at radius 3 is 1.88 bits per heavy atom. The van der Waals surface area contributed by atoms with Crippen LogP contribution in [0.4, 0.5) is 0 Å².